The number of likely N-dealkylation sites (tertiary alicyclic amines) is 2. The molecule has 216 valence electrons. The first-order chi connectivity index (χ1) is 17.6. The smallest absolute Gasteiger partial charge is 0.411 e. The van der Waals surface area contributed by atoms with Gasteiger partial charge < -0.3 is 24.4 Å². The summed E-state index contributed by atoms with van der Waals surface area (Å²) in [5.41, 5.74) is -1.23. The van der Waals surface area contributed by atoms with E-state index in [1.165, 1.54) is 12.0 Å². The van der Waals surface area contributed by atoms with Crippen molar-refractivity contribution in [3.8, 4) is 0 Å². The molecule has 0 spiro atoms. The van der Waals surface area contributed by atoms with Crippen molar-refractivity contribution in [3.05, 3.63) is 0 Å². The van der Waals surface area contributed by atoms with E-state index in [0.29, 0.717) is 18.3 Å². The van der Waals surface area contributed by atoms with Crippen molar-refractivity contribution in [2.45, 2.75) is 122 Å². The molecule has 0 aromatic heterocycles. The standard InChI is InChI=1S/C14H21NO5.C13H23NO4/c1-14(2,3)20-13(18)15-9(8-5-6-8)7-10(16)11(15)12(17)19-4;1-13(2,3)18-12(17)14-9(8-4-5-8)6-11(16)10(14)7-15/h8-9,11H,5-7H2,1-4H3;8-11,15-16H,4-7H2,1-3H3/t9-,11?;9-,10?,11?/m00/s1. The molecule has 2 aliphatic heterocycles. The molecule has 0 radical (unpaired) electrons. The Kier molecular flexibility index (Phi) is 9.02. The van der Waals surface area contributed by atoms with E-state index in [-0.39, 0.29) is 30.9 Å². The van der Waals surface area contributed by atoms with Crippen LogP contribution in [0.1, 0.15) is 80.1 Å². The summed E-state index contributed by atoms with van der Waals surface area (Å²) < 4.78 is 15.4. The second-order valence-electron chi connectivity index (χ2n) is 12.7. The lowest BCUT2D eigenvalue weighted by Crippen LogP contribution is -2.49. The molecule has 2 saturated carbocycles. The van der Waals surface area contributed by atoms with Crippen LogP contribution in [-0.2, 0) is 23.8 Å². The maximum atomic E-state index is 12.3. The molecule has 0 aromatic rings. The largest absolute Gasteiger partial charge is 0.467 e. The zero-order valence-electron chi connectivity index (χ0n) is 23.6. The second-order valence-corrected chi connectivity index (χ2v) is 12.7. The number of carbonyl (C=O) groups excluding carboxylic acids is 4. The fourth-order valence-electron chi connectivity index (χ4n) is 5.19. The first-order valence-corrected chi connectivity index (χ1v) is 13.5. The minimum atomic E-state index is -1.15. The molecular weight excluding hydrogens is 496 g/mol. The van der Waals surface area contributed by atoms with Gasteiger partial charge in [0.1, 0.15) is 11.2 Å². The summed E-state index contributed by atoms with van der Waals surface area (Å²) in [6, 6.07) is -1.89. The number of ketones is 1. The Morgan fingerprint density at radius 3 is 1.76 bits per heavy atom. The highest BCUT2D eigenvalue weighted by molar-refractivity contribution is 6.07. The maximum absolute atomic E-state index is 12.3. The molecule has 0 aromatic carbocycles. The van der Waals surface area contributed by atoms with Gasteiger partial charge in [0.05, 0.1) is 25.9 Å². The van der Waals surface area contributed by atoms with Crippen molar-refractivity contribution in [2.75, 3.05) is 13.7 Å². The van der Waals surface area contributed by atoms with Crippen molar-refractivity contribution >= 4 is 23.9 Å². The maximum Gasteiger partial charge on any atom is 0.411 e. The highest BCUT2D eigenvalue weighted by Gasteiger charge is 2.54. The zero-order chi connectivity index (χ0) is 28.6. The average molecular weight is 541 g/mol. The van der Waals surface area contributed by atoms with Crippen LogP contribution in [0.15, 0.2) is 0 Å². The molecule has 11 heteroatoms. The van der Waals surface area contributed by atoms with E-state index in [2.05, 4.69) is 4.74 Å². The Balaban J connectivity index is 0.000000212. The lowest BCUT2D eigenvalue weighted by atomic mass is 10.1. The monoisotopic (exact) mass is 540 g/mol. The SMILES string of the molecule is CC(C)(C)OC(=O)N1C(CO)C(O)C[C@H]1C1CC1.COC(=O)C1C(=O)C[C@@H](C2CC2)N1C(=O)OC(C)(C)C. The van der Waals surface area contributed by atoms with Gasteiger partial charge in [-0.1, -0.05) is 0 Å². The van der Waals surface area contributed by atoms with Crippen molar-refractivity contribution in [2.24, 2.45) is 11.8 Å². The van der Waals surface area contributed by atoms with Crippen LogP contribution < -0.4 is 0 Å². The van der Waals surface area contributed by atoms with Gasteiger partial charge in [0.25, 0.3) is 0 Å². The minimum absolute atomic E-state index is 0.0204. The predicted molar refractivity (Wildman–Crippen MR) is 136 cm³/mol. The average Bonchev–Trinajstić information content (AvgIpc) is 3.71. The van der Waals surface area contributed by atoms with E-state index < -0.39 is 47.5 Å². The van der Waals surface area contributed by atoms with Crippen molar-refractivity contribution in [1.29, 1.82) is 0 Å². The van der Waals surface area contributed by atoms with Crippen LogP contribution in [0.5, 0.6) is 0 Å². The van der Waals surface area contributed by atoms with Gasteiger partial charge in [-0.3, -0.25) is 14.6 Å². The number of carbonyl (C=O) groups is 4. The molecule has 2 amide bonds. The molecule has 38 heavy (non-hydrogen) atoms. The minimum Gasteiger partial charge on any atom is -0.467 e. The van der Waals surface area contributed by atoms with Gasteiger partial charge in [0.2, 0.25) is 0 Å². The fourth-order valence-corrected chi connectivity index (χ4v) is 5.19. The Morgan fingerprint density at radius 2 is 1.34 bits per heavy atom. The van der Waals surface area contributed by atoms with Crippen LogP contribution in [0.25, 0.3) is 0 Å². The first-order valence-electron chi connectivity index (χ1n) is 13.5. The van der Waals surface area contributed by atoms with E-state index in [0.717, 1.165) is 25.7 Å². The van der Waals surface area contributed by atoms with Gasteiger partial charge >= 0.3 is 18.2 Å². The number of methoxy groups -OCH3 is 1. The third kappa shape index (κ3) is 7.37. The molecule has 2 aliphatic carbocycles. The Bertz CT molecular complexity index is 901. The number of rotatable bonds is 4. The summed E-state index contributed by atoms with van der Waals surface area (Å²) in [7, 11) is 1.22. The number of nitrogens with zero attached hydrogens (tertiary/aromatic N) is 2. The zero-order valence-corrected chi connectivity index (χ0v) is 23.6. The lowest BCUT2D eigenvalue weighted by molar-refractivity contribution is -0.148. The summed E-state index contributed by atoms with van der Waals surface area (Å²) in [4.78, 5) is 51.2. The summed E-state index contributed by atoms with van der Waals surface area (Å²) >= 11 is 0. The topological polar surface area (TPSA) is 143 Å². The van der Waals surface area contributed by atoms with Crippen LogP contribution in [0, 0.1) is 11.8 Å². The van der Waals surface area contributed by atoms with E-state index in [1.54, 1.807) is 25.7 Å². The highest BCUT2D eigenvalue weighted by Crippen LogP contribution is 2.43. The summed E-state index contributed by atoms with van der Waals surface area (Å²) in [6.07, 6.45) is 3.22. The van der Waals surface area contributed by atoms with Crippen molar-refractivity contribution in [3.63, 3.8) is 0 Å². The van der Waals surface area contributed by atoms with Crippen LogP contribution >= 0.6 is 0 Å². The number of aliphatic hydroxyl groups is 2. The van der Waals surface area contributed by atoms with Crippen LogP contribution in [0.3, 0.4) is 0 Å². The van der Waals surface area contributed by atoms with Crippen molar-refractivity contribution < 1.29 is 43.6 Å². The fraction of sp³-hybridized carbons (Fsp3) is 0.852. The predicted octanol–water partition coefficient (Wildman–Crippen LogP) is 2.64. The van der Waals surface area contributed by atoms with Crippen LogP contribution in [-0.4, -0.2) is 99.1 Å². The number of Topliss-reactive ketones (excluding diaryl/α,β-unsaturated/α-hetero) is 1. The number of ether oxygens (including phenoxy) is 3. The molecular formula is C27H44N2O9. The van der Waals surface area contributed by atoms with Crippen molar-refractivity contribution in [1.82, 2.24) is 9.80 Å². The Labute approximate surface area is 224 Å². The normalized spacial score (nSPS) is 29.5. The number of hydrogen-bond acceptors (Lipinski definition) is 9. The summed E-state index contributed by atoms with van der Waals surface area (Å²) in [6.45, 7) is 10.5. The third-order valence-corrected chi connectivity index (χ3v) is 7.14. The van der Waals surface area contributed by atoms with Gasteiger partial charge in [-0.2, -0.15) is 0 Å². The number of esters is 1. The van der Waals surface area contributed by atoms with E-state index in [9.17, 15) is 29.4 Å². The molecule has 5 atom stereocenters. The van der Waals surface area contributed by atoms with Gasteiger partial charge in [-0.05, 0) is 85.5 Å². The lowest BCUT2D eigenvalue weighted by Gasteiger charge is -2.32. The first kappa shape index (κ1) is 30.1. The van der Waals surface area contributed by atoms with Gasteiger partial charge in [0.15, 0.2) is 11.8 Å². The molecule has 4 fully saturated rings. The summed E-state index contributed by atoms with van der Waals surface area (Å²) in [5, 5.41) is 19.3. The molecule has 2 heterocycles. The Hall–Kier alpha value is -2.40. The molecule has 4 rings (SSSR count). The van der Waals surface area contributed by atoms with Crippen LogP contribution in [0.4, 0.5) is 9.59 Å². The Morgan fingerprint density at radius 1 is 0.868 bits per heavy atom. The number of aliphatic hydroxyl groups excluding tert-OH is 2. The molecule has 11 nitrogen and oxygen atoms in total. The quantitative estimate of drug-likeness (QED) is 0.312. The third-order valence-electron chi connectivity index (χ3n) is 7.14. The second kappa shape index (κ2) is 11.4. The molecule has 3 unspecified atom stereocenters. The summed E-state index contributed by atoms with van der Waals surface area (Å²) in [5.74, 6) is -0.200. The van der Waals surface area contributed by atoms with Gasteiger partial charge in [-0.15, -0.1) is 0 Å². The number of amides is 2. The van der Waals surface area contributed by atoms with Gasteiger partial charge in [0, 0.05) is 18.5 Å². The van der Waals surface area contributed by atoms with Gasteiger partial charge in [-0.25, -0.2) is 14.4 Å². The molecule has 4 aliphatic rings. The number of hydrogen-bond donors (Lipinski definition) is 2. The molecule has 2 N–H and O–H groups in total. The molecule has 2 saturated heterocycles. The van der Waals surface area contributed by atoms with E-state index in [1.807, 2.05) is 20.8 Å². The highest BCUT2D eigenvalue weighted by atomic mass is 16.6. The molecule has 0 bridgehead atoms. The van der Waals surface area contributed by atoms with Crippen LogP contribution in [0.2, 0.25) is 0 Å². The van der Waals surface area contributed by atoms with E-state index in [4.69, 9.17) is 9.47 Å². The van der Waals surface area contributed by atoms with E-state index >= 15 is 0 Å².